The van der Waals surface area contributed by atoms with Gasteiger partial charge in [0.25, 0.3) is 5.91 Å². The molecule has 2 aromatic rings. The molecule has 0 bridgehead atoms. The number of carbonyl (C=O) groups excluding carboxylic acids is 2. The average Bonchev–Trinajstić information content (AvgIpc) is 2.69. The van der Waals surface area contributed by atoms with Crippen molar-refractivity contribution in [2.45, 2.75) is 27.3 Å². The number of piperazine rings is 1. The first-order valence-electron chi connectivity index (χ1n) is 10.0. The van der Waals surface area contributed by atoms with Crippen LogP contribution >= 0.6 is 11.6 Å². The molecule has 7 heteroatoms. The lowest BCUT2D eigenvalue weighted by Gasteiger charge is -2.35. The van der Waals surface area contributed by atoms with Crippen molar-refractivity contribution in [3.05, 3.63) is 64.4 Å². The second kappa shape index (κ2) is 9.14. The van der Waals surface area contributed by atoms with Crippen LogP contribution in [0, 0.1) is 11.2 Å². The van der Waals surface area contributed by atoms with Crippen molar-refractivity contribution in [2.24, 2.45) is 5.41 Å². The van der Waals surface area contributed by atoms with E-state index in [1.807, 2.05) is 25.7 Å². The van der Waals surface area contributed by atoms with Crippen LogP contribution in [0.1, 0.15) is 36.7 Å². The highest BCUT2D eigenvalue weighted by Crippen LogP contribution is 2.21. The largest absolute Gasteiger partial charge is 0.336 e. The molecular weight excluding hydrogens is 405 g/mol. The maximum atomic E-state index is 13.2. The van der Waals surface area contributed by atoms with Crippen molar-refractivity contribution in [1.29, 1.82) is 0 Å². The molecule has 1 fully saturated rings. The van der Waals surface area contributed by atoms with Crippen molar-refractivity contribution in [2.75, 3.05) is 31.5 Å². The fourth-order valence-electron chi connectivity index (χ4n) is 3.23. The van der Waals surface area contributed by atoms with Crippen LogP contribution < -0.4 is 5.32 Å². The van der Waals surface area contributed by atoms with Crippen LogP contribution in [0.2, 0.25) is 5.02 Å². The van der Waals surface area contributed by atoms with Gasteiger partial charge in [-0.25, -0.2) is 4.39 Å². The van der Waals surface area contributed by atoms with Crippen LogP contribution in [-0.2, 0) is 11.3 Å². The van der Waals surface area contributed by atoms with Gasteiger partial charge in [-0.3, -0.25) is 14.5 Å². The van der Waals surface area contributed by atoms with Gasteiger partial charge in [0.2, 0.25) is 5.91 Å². The van der Waals surface area contributed by atoms with Crippen LogP contribution in [-0.4, -0.2) is 47.8 Å². The van der Waals surface area contributed by atoms with Gasteiger partial charge >= 0.3 is 0 Å². The lowest BCUT2D eigenvalue weighted by atomic mass is 9.95. The summed E-state index contributed by atoms with van der Waals surface area (Å²) >= 11 is 6.13. The maximum Gasteiger partial charge on any atom is 0.254 e. The number of nitrogens with zero attached hydrogens (tertiary/aromatic N) is 2. The zero-order valence-electron chi connectivity index (χ0n) is 17.5. The molecule has 1 saturated heterocycles. The average molecular weight is 432 g/mol. The third kappa shape index (κ3) is 5.58. The molecule has 2 aromatic carbocycles. The number of hydrogen-bond acceptors (Lipinski definition) is 3. The number of benzene rings is 2. The van der Waals surface area contributed by atoms with E-state index in [0.717, 1.165) is 5.56 Å². The number of amides is 2. The number of hydrogen-bond donors (Lipinski definition) is 1. The summed E-state index contributed by atoms with van der Waals surface area (Å²) in [5.41, 5.74) is 1.53. The second-order valence-electron chi connectivity index (χ2n) is 8.59. The molecule has 3 rings (SSSR count). The van der Waals surface area contributed by atoms with Gasteiger partial charge in [0.15, 0.2) is 0 Å². The van der Waals surface area contributed by atoms with Crippen molar-refractivity contribution in [3.8, 4) is 0 Å². The van der Waals surface area contributed by atoms with Gasteiger partial charge in [-0.05, 0) is 35.9 Å². The Balaban J connectivity index is 1.58. The van der Waals surface area contributed by atoms with Gasteiger partial charge in [0.05, 0.1) is 0 Å². The van der Waals surface area contributed by atoms with E-state index in [-0.39, 0.29) is 17.6 Å². The molecular formula is C23H27ClFN3O2. The molecule has 1 aliphatic rings. The molecule has 0 atom stereocenters. The third-order valence-electron chi connectivity index (χ3n) is 5.12. The highest BCUT2D eigenvalue weighted by atomic mass is 35.5. The monoisotopic (exact) mass is 431 g/mol. The summed E-state index contributed by atoms with van der Waals surface area (Å²) < 4.78 is 13.2. The predicted octanol–water partition coefficient (Wildman–Crippen LogP) is 4.42. The number of rotatable bonds is 4. The summed E-state index contributed by atoms with van der Waals surface area (Å²) in [6.07, 6.45) is 0. The molecule has 0 unspecified atom stereocenters. The van der Waals surface area contributed by atoms with Gasteiger partial charge in [-0.15, -0.1) is 0 Å². The molecule has 30 heavy (non-hydrogen) atoms. The minimum Gasteiger partial charge on any atom is -0.336 e. The lowest BCUT2D eigenvalue weighted by Crippen LogP contribution is -2.48. The van der Waals surface area contributed by atoms with Crippen molar-refractivity contribution < 1.29 is 14.0 Å². The maximum absolute atomic E-state index is 13.2. The Morgan fingerprint density at radius 1 is 1.07 bits per heavy atom. The predicted molar refractivity (Wildman–Crippen MR) is 117 cm³/mol. The molecule has 1 heterocycles. The number of anilines is 1. The van der Waals surface area contributed by atoms with Crippen LogP contribution in [0.4, 0.5) is 10.1 Å². The standard InChI is InChI=1S/C23H27ClFN3O2/c1-23(2,3)22(30)26-19-6-4-5-16(13-19)21(29)28-11-9-27(10-12-28)15-17-7-8-18(25)14-20(17)24/h4-8,13-14H,9-12,15H2,1-3H3,(H,26,30). The van der Waals surface area contributed by atoms with Crippen LogP contribution in [0.15, 0.2) is 42.5 Å². The van der Waals surface area contributed by atoms with Crippen LogP contribution in [0.3, 0.4) is 0 Å². The van der Waals surface area contributed by atoms with E-state index in [1.165, 1.54) is 12.1 Å². The third-order valence-corrected chi connectivity index (χ3v) is 5.47. The van der Waals surface area contributed by atoms with E-state index in [4.69, 9.17) is 11.6 Å². The second-order valence-corrected chi connectivity index (χ2v) is 9.00. The number of nitrogens with one attached hydrogen (secondary N) is 1. The summed E-state index contributed by atoms with van der Waals surface area (Å²) in [7, 11) is 0. The Labute approximate surface area is 181 Å². The summed E-state index contributed by atoms with van der Waals surface area (Å²) in [5, 5.41) is 3.29. The number of carbonyl (C=O) groups is 2. The zero-order valence-corrected chi connectivity index (χ0v) is 18.3. The Morgan fingerprint density at radius 2 is 1.77 bits per heavy atom. The lowest BCUT2D eigenvalue weighted by molar-refractivity contribution is -0.123. The van der Waals surface area contributed by atoms with E-state index in [1.54, 1.807) is 30.3 Å². The minimum atomic E-state index is -0.510. The number of halogens is 2. The van der Waals surface area contributed by atoms with Crippen LogP contribution in [0.25, 0.3) is 0 Å². The van der Waals surface area contributed by atoms with Crippen molar-refractivity contribution in [3.63, 3.8) is 0 Å². The van der Waals surface area contributed by atoms with E-state index in [0.29, 0.717) is 49.0 Å². The Bertz CT molecular complexity index is 934. The molecule has 0 radical (unpaired) electrons. The highest BCUT2D eigenvalue weighted by molar-refractivity contribution is 6.31. The van der Waals surface area contributed by atoms with E-state index < -0.39 is 5.41 Å². The van der Waals surface area contributed by atoms with Gasteiger partial charge < -0.3 is 10.2 Å². The van der Waals surface area contributed by atoms with Gasteiger partial charge in [-0.2, -0.15) is 0 Å². The van der Waals surface area contributed by atoms with E-state index >= 15 is 0 Å². The van der Waals surface area contributed by atoms with E-state index in [2.05, 4.69) is 10.2 Å². The fraction of sp³-hybridized carbons (Fsp3) is 0.391. The van der Waals surface area contributed by atoms with Crippen LogP contribution in [0.5, 0.6) is 0 Å². The van der Waals surface area contributed by atoms with Crippen molar-refractivity contribution in [1.82, 2.24) is 9.80 Å². The summed E-state index contributed by atoms with van der Waals surface area (Å²) in [5.74, 6) is -0.499. The molecule has 0 spiro atoms. The molecule has 0 aliphatic carbocycles. The Kier molecular flexibility index (Phi) is 6.78. The molecule has 1 aliphatic heterocycles. The summed E-state index contributed by atoms with van der Waals surface area (Å²) in [6, 6.07) is 11.5. The van der Waals surface area contributed by atoms with Crippen molar-refractivity contribution >= 4 is 29.1 Å². The van der Waals surface area contributed by atoms with Gasteiger partial charge in [0.1, 0.15) is 5.82 Å². The topological polar surface area (TPSA) is 52.7 Å². The first kappa shape index (κ1) is 22.2. The smallest absolute Gasteiger partial charge is 0.254 e. The van der Waals surface area contributed by atoms with Gasteiger partial charge in [0, 0.05) is 54.4 Å². The zero-order chi connectivity index (χ0) is 21.9. The Morgan fingerprint density at radius 3 is 2.40 bits per heavy atom. The minimum absolute atomic E-state index is 0.0543. The first-order valence-corrected chi connectivity index (χ1v) is 10.4. The van der Waals surface area contributed by atoms with E-state index in [9.17, 15) is 14.0 Å². The molecule has 5 nitrogen and oxygen atoms in total. The molecule has 0 aromatic heterocycles. The Hall–Kier alpha value is -2.44. The quantitative estimate of drug-likeness (QED) is 0.779. The molecule has 1 N–H and O–H groups in total. The highest BCUT2D eigenvalue weighted by Gasteiger charge is 2.24. The first-order chi connectivity index (χ1) is 14.1. The fourth-order valence-corrected chi connectivity index (χ4v) is 3.46. The molecule has 160 valence electrons. The molecule has 2 amide bonds. The summed E-state index contributed by atoms with van der Waals surface area (Å²) in [6.45, 7) is 8.75. The molecule has 0 saturated carbocycles. The normalized spacial score (nSPS) is 15.2. The summed E-state index contributed by atoms with van der Waals surface area (Å²) in [4.78, 5) is 29.1. The SMILES string of the molecule is CC(C)(C)C(=O)Nc1cccc(C(=O)N2CCN(Cc3ccc(F)cc3Cl)CC2)c1. The van der Waals surface area contributed by atoms with Gasteiger partial charge in [-0.1, -0.05) is 44.5 Å².